The average molecular weight is 290 g/mol. The molecule has 0 unspecified atom stereocenters. The highest BCUT2D eigenvalue weighted by Crippen LogP contribution is 2.21. The van der Waals surface area contributed by atoms with Gasteiger partial charge in [0, 0.05) is 24.9 Å². The Morgan fingerprint density at radius 1 is 1.33 bits per heavy atom. The first-order valence-corrected chi connectivity index (χ1v) is 7.02. The average Bonchev–Trinajstić information content (AvgIpc) is 2.92. The predicted molar refractivity (Wildman–Crippen MR) is 78.1 cm³/mol. The van der Waals surface area contributed by atoms with Gasteiger partial charge < -0.3 is 9.73 Å². The van der Waals surface area contributed by atoms with Crippen LogP contribution in [0, 0.1) is 11.7 Å². The Kier molecular flexibility index (Phi) is 5.09. The third kappa shape index (κ3) is 4.70. The van der Waals surface area contributed by atoms with E-state index in [1.165, 1.54) is 12.1 Å². The van der Waals surface area contributed by atoms with Crippen LogP contribution in [0.25, 0.3) is 11.3 Å². The van der Waals surface area contributed by atoms with E-state index in [-0.39, 0.29) is 11.7 Å². The van der Waals surface area contributed by atoms with Crippen LogP contribution in [0.3, 0.4) is 0 Å². The number of rotatable bonds is 6. The van der Waals surface area contributed by atoms with Gasteiger partial charge in [0.1, 0.15) is 5.82 Å². The van der Waals surface area contributed by atoms with Crippen LogP contribution >= 0.6 is 0 Å². The van der Waals surface area contributed by atoms with E-state index in [1.807, 2.05) is 13.8 Å². The summed E-state index contributed by atoms with van der Waals surface area (Å²) in [5.74, 6) is 1.22. The smallest absolute Gasteiger partial charge is 0.220 e. The summed E-state index contributed by atoms with van der Waals surface area (Å²) in [5.41, 5.74) is 0.763. The van der Waals surface area contributed by atoms with Crippen molar-refractivity contribution in [1.29, 1.82) is 0 Å². The van der Waals surface area contributed by atoms with Gasteiger partial charge >= 0.3 is 0 Å². The zero-order chi connectivity index (χ0) is 15.2. The number of oxazole rings is 1. The molecule has 0 aliphatic heterocycles. The number of aryl methyl sites for hydroxylation is 1. The quantitative estimate of drug-likeness (QED) is 0.889. The molecule has 0 atom stereocenters. The van der Waals surface area contributed by atoms with E-state index < -0.39 is 0 Å². The number of nitrogens with one attached hydrogen (secondary N) is 1. The van der Waals surface area contributed by atoms with Crippen molar-refractivity contribution in [3.8, 4) is 11.3 Å². The lowest BCUT2D eigenvalue weighted by Gasteiger charge is -2.06. The Bertz CT molecular complexity index is 591. The minimum atomic E-state index is -0.291. The molecule has 0 saturated carbocycles. The van der Waals surface area contributed by atoms with Crippen LogP contribution in [0.1, 0.15) is 26.2 Å². The number of carbonyl (C=O) groups is 1. The minimum Gasteiger partial charge on any atom is -0.441 e. The monoisotopic (exact) mass is 290 g/mol. The highest BCUT2D eigenvalue weighted by Gasteiger charge is 2.09. The maximum Gasteiger partial charge on any atom is 0.220 e. The normalized spacial score (nSPS) is 10.9. The SMILES string of the molecule is CC(C)CNC(=O)CCc1ncc(-c2ccc(F)cc2)o1. The Morgan fingerprint density at radius 2 is 2.05 bits per heavy atom. The van der Waals surface area contributed by atoms with Crippen molar-refractivity contribution in [3.05, 3.63) is 42.2 Å². The van der Waals surface area contributed by atoms with Gasteiger partial charge in [-0.2, -0.15) is 0 Å². The molecule has 2 aromatic rings. The summed E-state index contributed by atoms with van der Waals surface area (Å²) in [7, 11) is 0. The predicted octanol–water partition coefficient (Wildman–Crippen LogP) is 3.19. The fourth-order valence-corrected chi connectivity index (χ4v) is 1.80. The second-order valence-corrected chi connectivity index (χ2v) is 5.32. The van der Waals surface area contributed by atoms with E-state index in [9.17, 15) is 9.18 Å². The van der Waals surface area contributed by atoms with Crippen LogP contribution < -0.4 is 5.32 Å². The topological polar surface area (TPSA) is 55.1 Å². The van der Waals surface area contributed by atoms with Crippen LogP contribution in [-0.4, -0.2) is 17.4 Å². The maximum atomic E-state index is 12.9. The summed E-state index contributed by atoms with van der Waals surface area (Å²) in [4.78, 5) is 15.8. The van der Waals surface area contributed by atoms with Crippen molar-refractivity contribution in [2.45, 2.75) is 26.7 Å². The molecule has 0 aliphatic rings. The van der Waals surface area contributed by atoms with Crippen molar-refractivity contribution < 1.29 is 13.6 Å². The lowest BCUT2D eigenvalue weighted by atomic mass is 10.2. The van der Waals surface area contributed by atoms with Crippen LogP contribution in [0.4, 0.5) is 4.39 Å². The lowest BCUT2D eigenvalue weighted by molar-refractivity contribution is -0.121. The first-order chi connectivity index (χ1) is 10.0. The third-order valence-electron chi connectivity index (χ3n) is 2.96. The molecule has 0 bridgehead atoms. The van der Waals surface area contributed by atoms with Crippen molar-refractivity contribution >= 4 is 5.91 Å². The number of nitrogens with zero attached hydrogens (tertiary/aromatic N) is 1. The molecule has 0 radical (unpaired) electrons. The minimum absolute atomic E-state index is 0.00904. The third-order valence-corrected chi connectivity index (χ3v) is 2.96. The molecule has 1 aromatic heterocycles. The van der Waals surface area contributed by atoms with Crippen LogP contribution in [-0.2, 0) is 11.2 Å². The number of carbonyl (C=O) groups excluding carboxylic acids is 1. The van der Waals surface area contributed by atoms with E-state index in [0.717, 1.165) is 5.56 Å². The summed E-state index contributed by atoms with van der Waals surface area (Å²) in [5, 5.41) is 2.85. The van der Waals surface area contributed by atoms with E-state index in [2.05, 4.69) is 10.3 Å². The number of hydrogen-bond donors (Lipinski definition) is 1. The van der Waals surface area contributed by atoms with Crippen LogP contribution in [0.5, 0.6) is 0 Å². The van der Waals surface area contributed by atoms with Gasteiger partial charge in [-0.15, -0.1) is 0 Å². The van der Waals surface area contributed by atoms with Crippen molar-refractivity contribution in [2.24, 2.45) is 5.92 Å². The van der Waals surface area contributed by atoms with Gasteiger partial charge in [0.25, 0.3) is 0 Å². The molecule has 1 amide bonds. The summed E-state index contributed by atoms with van der Waals surface area (Å²) >= 11 is 0. The summed E-state index contributed by atoms with van der Waals surface area (Å²) in [6, 6.07) is 6.01. The number of hydrogen-bond acceptors (Lipinski definition) is 3. The molecule has 112 valence electrons. The first-order valence-electron chi connectivity index (χ1n) is 7.02. The second kappa shape index (κ2) is 7.02. The molecule has 4 nitrogen and oxygen atoms in total. The van der Waals surface area contributed by atoms with Crippen LogP contribution in [0.2, 0.25) is 0 Å². The van der Waals surface area contributed by atoms with Crippen molar-refractivity contribution in [3.63, 3.8) is 0 Å². The zero-order valence-electron chi connectivity index (χ0n) is 12.2. The summed E-state index contributed by atoms with van der Waals surface area (Å²) in [6.45, 7) is 4.76. The van der Waals surface area contributed by atoms with Gasteiger partial charge in [-0.25, -0.2) is 9.37 Å². The molecular weight excluding hydrogens is 271 g/mol. The number of benzene rings is 1. The fourth-order valence-electron chi connectivity index (χ4n) is 1.80. The summed E-state index contributed by atoms with van der Waals surface area (Å²) < 4.78 is 18.4. The van der Waals surface area contributed by atoms with E-state index in [4.69, 9.17) is 4.42 Å². The van der Waals surface area contributed by atoms with E-state index in [0.29, 0.717) is 37.0 Å². The van der Waals surface area contributed by atoms with Gasteiger partial charge in [0.15, 0.2) is 11.7 Å². The number of halogens is 1. The number of amides is 1. The molecular formula is C16H19FN2O2. The molecule has 0 saturated heterocycles. The van der Waals surface area contributed by atoms with E-state index >= 15 is 0 Å². The molecule has 0 aliphatic carbocycles. The molecule has 1 aromatic carbocycles. The van der Waals surface area contributed by atoms with E-state index in [1.54, 1.807) is 18.3 Å². The molecule has 1 heterocycles. The highest BCUT2D eigenvalue weighted by atomic mass is 19.1. The van der Waals surface area contributed by atoms with Gasteiger partial charge in [0.05, 0.1) is 6.20 Å². The number of aromatic nitrogens is 1. The Labute approximate surface area is 123 Å². The summed E-state index contributed by atoms with van der Waals surface area (Å²) in [6.07, 6.45) is 2.38. The first kappa shape index (κ1) is 15.2. The zero-order valence-corrected chi connectivity index (χ0v) is 12.2. The Hall–Kier alpha value is -2.17. The van der Waals surface area contributed by atoms with Gasteiger partial charge in [0.2, 0.25) is 5.91 Å². The second-order valence-electron chi connectivity index (χ2n) is 5.32. The molecule has 0 fully saturated rings. The Morgan fingerprint density at radius 3 is 2.71 bits per heavy atom. The molecule has 0 spiro atoms. The molecule has 5 heteroatoms. The van der Waals surface area contributed by atoms with Crippen molar-refractivity contribution in [1.82, 2.24) is 10.3 Å². The van der Waals surface area contributed by atoms with Gasteiger partial charge in [-0.05, 0) is 30.2 Å². The van der Waals surface area contributed by atoms with Crippen LogP contribution in [0.15, 0.2) is 34.9 Å². The standard InChI is InChI=1S/C16H19FN2O2/c1-11(2)9-18-15(20)7-8-16-19-10-14(21-16)12-3-5-13(17)6-4-12/h3-6,10-11H,7-9H2,1-2H3,(H,18,20). The van der Waals surface area contributed by atoms with Gasteiger partial charge in [-0.1, -0.05) is 13.8 Å². The molecule has 1 N–H and O–H groups in total. The van der Waals surface area contributed by atoms with Crippen molar-refractivity contribution in [2.75, 3.05) is 6.54 Å². The highest BCUT2D eigenvalue weighted by molar-refractivity contribution is 5.76. The molecule has 21 heavy (non-hydrogen) atoms. The Balaban J connectivity index is 1.88. The van der Waals surface area contributed by atoms with Gasteiger partial charge in [-0.3, -0.25) is 4.79 Å². The largest absolute Gasteiger partial charge is 0.441 e. The molecule has 2 rings (SSSR count). The fraction of sp³-hybridized carbons (Fsp3) is 0.375. The lowest BCUT2D eigenvalue weighted by Crippen LogP contribution is -2.27. The maximum absolute atomic E-state index is 12.9.